The highest BCUT2D eigenvalue weighted by Gasteiger charge is 2.27. The Morgan fingerprint density at radius 2 is 2.04 bits per heavy atom. The molecular formula is C18H19N5O2. The zero-order chi connectivity index (χ0) is 17.4. The highest BCUT2D eigenvalue weighted by Crippen LogP contribution is 2.28. The van der Waals surface area contributed by atoms with Gasteiger partial charge < -0.3 is 10.0 Å². The summed E-state index contributed by atoms with van der Waals surface area (Å²) in [6.07, 6.45) is 4.96. The fourth-order valence-electron chi connectivity index (χ4n) is 3.28. The van der Waals surface area contributed by atoms with E-state index < -0.39 is 5.97 Å². The number of nitrogens with zero attached hydrogens (tertiary/aromatic N) is 5. The Kier molecular flexibility index (Phi) is 3.83. The number of aromatic nitrogens is 4. The van der Waals surface area contributed by atoms with Gasteiger partial charge in [-0.25, -0.2) is 14.6 Å². The van der Waals surface area contributed by atoms with Gasteiger partial charge in [-0.05, 0) is 31.9 Å². The summed E-state index contributed by atoms with van der Waals surface area (Å²) in [6, 6.07) is 8.10. The third kappa shape index (κ3) is 2.93. The van der Waals surface area contributed by atoms with E-state index in [1.165, 1.54) is 11.9 Å². The van der Waals surface area contributed by atoms with Gasteiger partial charge >= 0.3 is 5.97 Å². The molecule has 3 aromatic rings. The van der Waals surface area contributed by atoms with Crippen molar-refractivity contribution in [3.63, 3.8) is 0 Å². The van der Waals surface area contributed by atoms with E-state index >= 15 is 0 Å². The van der Waals surface area contributed by atoms with Gasteiger partial charge in [-0.2, -0.15) is 0 Å². The Balaban J connectivity index is 1.72. The third-order valence-electron chi connectivity index (χ3n) is 4.66. The summed E-state index contributed by atoms with van der Waals surface area (Å²) in [7, 11) is 0. The van der Waals surface area contributed by atoms with Gasteiger partial charge in [-0.15, -0.1) is 5.10 Å². The fraction of sp³-hybridized carbons (Fsp3) is 0.333. The second kappa shape index (κ2) is 6.16. The minimum atomic E-state index is -0.745. The summed E-state index contributed by atoms with van der Waals surface area (Å²) in [4.78, 5) is 22.1. The number of carboxylic acids is 1. The van der Waals surface area contributed by atoms with E-state index in [0.29, 0.717) is 18.6 Å². The van der Waals surface area contributed by atoms with Crippen molar-refractivity contribution in [2.24, 2.45) is 5.92 Å². The van der Waals surface area contributed by atoms with Crippen molar-refractivity contribution < 1.29 is 9.90 Å². The van der Waals surface area contributed by atoms with Crippen molar-refractivity contribution >= 4 is 22.8 Å². The molecule has 1 unspecified atom stereocenters. The van der Waals surface area contributed by atoms with Crippen molar-refractivity contribution in [2.45, 2.75) is 19.8 Å². The smallest absolute Gasteiger partial charge is 0.308 e. The number of aliphatic carboxylic acids is 1. The average Bonchev–Trinajstić information content (AvgIpc) is 3.06. The zero-order valence-electron chi connectivity index (χ0n) is 14.0. The van der Waals surface area contributed by atoms with Gasteiger partial charge in [-0.3, -0.25) is 4.79 Å². The molecule has 128 valence electrons. The molecule has 25 heavy (non-hydrogen) atoms. The summed E-state index contributed by atoms with van der Waals surface area (Å²) in [6.45, 7) is 3.31. The third-order valence-corrected chi connectivity index (χ3v) is 4.66. The number of rotatable bonds is 3. The largest absolute Gasteiger partial charge is 0.481 e. The van der Waals surface area contributed by atoms with Crippen LogP contribution in [-0.2, 0) is 4.79 Å². The van der Waals surface area contributed by atoms with E-state index in [0.717, 1.165) is 29.9 Å². The Morgan fingerprint density at radius 3 is 2.80 bits per heavy atom. The van der Waals surface area contributed by atoms with Gasteiger partial charge in [-0.1, -0.05) is 17.7 Å². The van der Waals surface area contributed by atoms with Crippen molar-refractivity contribution in [3.05, 3.63) is 42.4 Å². The zero-order valence-corrected chi connectivity index (χ0v) is 14.0. The normalized spacial score (nSPS) is 17.8. The number of aryl methyl sites for hydroxylation is 1. The molecular weight excluding hydrogens is 318 g/mol. The first-order chi connectivity index (χ1) is 12.1. The molecule has 0 aliphatic carbocycles. The minimum Gasteiger partial charge on any atom is -0.481 e. The molecule has 1 aliphatic heterocycles. The van der Waals surface area contributed by atoms with Gasteiger partial charge in [0, 0.05) is 19.3 Å². The lowest BCUT2D eigenvalue weighted by molar-refractivity contribution is -0.141. The first kappa shape index (κ1) is 15.6. The van der Waals surface area contributed by atoms with Crippen LogP contribution in [0.2, 0.25) is 0 Å². The van der Waals surface area contributed by atoms with Gasteiger partial charge in [0.05, 0.1) is 17.0 Å². The molecule has 1 aromatic carbocycles. The van der Waals surface area contributed by atoms with Crippen LogP contribution in [0.5, 0.6) is 0 Å². The van der Waals surface area contributed by atoms with Crippen LogP contribution in [0.25, 0.3) is 16.7 Å². The number of hydrogen-bond donors (Lipinski definition) is 1. The van der Waals surface area contributed by atoms with E-state index in [1.54, 1.807) is 4.68 Å². The van der Waals surface area contributed by atoms with Crippen molar-refractivity contribution in [3.8, 4) is 5.69 Å². The Morgan fingerprint density at radius 1 is 1.24 bits per heavy atom. The molecule has 7 heteroatoms. The van der Waals surface area contributed by atoms with Crippen LogP contribution >= 0.6 is 0 Å². The van der Waals surface area contributed by atoms with Crippen molar-refractivity contribution in [1.29, 1.82) is 0 Å². The maximum atomic E-state index is 11.3. The van der Waals surface area contributed by atoms with Crippen LogP contribution < -0.4 is 4.90 Å². The quantitative estimate of drug-likeness (QED) is 0.790. The molecule has 0 amide bonds. The second-order valence-electron chi connectivity index (χ2n) is 6.47. The standard InChI is InChI=1S/C18H19N5O2/c1-12-4-6-14(7-5-12)23-10-15-16(21-23)19-11-20-17(15)22-8-2-3-13(9-22)18(24)25/h4-7,10-11,13H,2-3,8-9H2,1H3,(H,24,25). The molecule has 1 aliphatic rings. The van der Waals surface area contributed by atoms with Crippen LogP contribution in [-0.4, -0.2) is 43.9 Å². The maximum Gasteiger partial charge on any atom is 0.308 e. The van der Waals surface area contributed by atoms with Crippen molar-refractivity contribution in [1.82, 2.24) is 19.7 Å². The summed E-state index contributed by atoms with van der Waals surface area (Å²) >= 11 is 0. The molecule has 1 fully saturated rings. The predicted octanol–water partition coefficient (Wildman–Crippen LogP) is 2.42. The number of hydrogen-bond acceptors (Lipinski definition) is 5. The summed E-state index contributed by atoms with van der Waals surface area (Å²) in [5, 5.41) is 14.7. The number of piperidine rings is 1. The molecule has 7 nitrogen and oxygen atoms in total. The number of carbonyl (C=O) groups is 1. The van der Waals surface area contributed by atoms with Gasteiger partial charge in [0.25, 0.3) is 0 Å². The number of carboxylic acid groups (broad SMARTS) is 1. The van der Waals surface area contributed by atoms with Gasteiger partial charge in [0.2, 0.25) is 0 Å². The average molecular weight is 337 g/mol. The van der Waals surface area contributed by atoms with E-state index in [1.807, 2.05) is 42.3 Å². The first-order valence-corrected chi connectivity index (χ1v) is 8.37. The van der Waals surface area contributed by atoms with Crippen molar-refractivity contribution in [2.75, 3.05) is 18.0 Å². The van der Waals surface area contributed by atoms with E-state index in [9.17, 15) is 9.90 Å². The Labute approximate surface area is 144 Å². The Hall–Kier alpha value is -2.96. The second-order valence-corrected chi connectivity index (χ2v) is 6.47. The molecule has 2 aromatic heterocycles. The Bertz CT molecular complexity index is 919. The molecule has 0 spiro atoms. The van der Waals surface area contributed by atoms with Crippen LogP contribution in [0.15, 0.2) is 36.8 Å². The summed E-state index contributed by atoms with van der Waals surface area (Å²) in [5.41, 5.74) is 2.76. The van der Waals surface area contributed by atoms with Crippen LogP contribution in [0, 0.1) is 12.8 Å². The fourth-order valence-corrected chi connectivity index (χ4v) is 3.28. The minimum absolute atomic E-state index is 0.356. The molecule has 1 N–H and O–H groups in total. The van der Waals surface area contributed by atoms with Crippen LogP contribution in [0.4, 0.5) is 5.82 Å². The SMILES string of the molecule is Cc1ccc(-n2cc3c(N4CCCC(C(=O)O)C4)ncnc3n2)cc1. The van der Waals surface area contributed by atoms with E-state index in [2.05, 4.69) is 15.1 Å². The highest BCUT2D eigenvalue weighted by molar-refractivity contribution is 5.87. The molecule has 0 bridgehead atoms. The molecule has 4 rings (SSSR count). The summed E-state index contributed by atoms with van der Waals surface area (Å²) < 4.78 is 1.79. The molecule has 1 saturated heterocycles. The molecule has 3 heterocycles. The number of anilines is 1. The highest BCUT2D eigenvalue weighted by atomic mass is 16.4. The molecule has 1 atom stereocenters. The van der Waals surface area contributed by atoms with E-state index in [4.69, 9.17) is 0 Å². The lowest BCUT2D eigenvalue weighted by Gasteiger charge is -2.31. The lowest BCUT2D eigenvalue weighted by atomic mass is 9.98. The van der Waals surface area contributed by atoms with Gasteiger partial charge in [0.15, 0.2) is 5.65 Å². The topological polar surface area (TPSA) is 84.1 Å². The van der Waals surface area contributed by atoms with E-state index in [-0.39, 0.29) is 5.92 Å². The maximum absolute atomic E-state index is 11.3. The van der Waals surface area contributed by atoms with Crippen LogP contribution in [0.3, 0.4) is 0 Å². The molecule has 0 saturated carbocycles. The van der Waals surface area contributed by atoms with Gasteiger partial charge in [0.1, 0.15) is 12.1 Å². The monoisotopic (exact) mass is 337 g/mol. The number of fused-ring (bicyclic) bond motifs is 1. The first-order valence-electron chi connectivity index (χ1n) is 8.37. The molecule has 0 radical (unpaired) electrons. The number of benzene rings is 1. The summed E-state index contributed by atoms with van der Waals surface area (Å²) in [5.74, 6) is -0.342. The lowest BCUT2D eigenvalue weighted by Crippen LogP contribution is -2.39. The predicted molar refractivity (Wildman–Crippen MR) is 94.0 cm³/mol. The van der Waals surface area contributed by atoms with Crippen LogP contribution in [0.1, 0.15) is 18.4 Å².